The molecule has 0 saturated heterocycles. The molecule has 43 heavy (non-hydrogen) atoms. The van der Waals surface area contributed by atoms with Gasteiger partial charge in [-0.05, 0) is 40.5 Å². The van der Waals surface area contributed by atoms with Crippen molar-refractivity contribution in [1.29, 1.82) is 0 Å². The van der Waals surface area contributed by atoms with E-state index in [4.69, 9.17) is 18.9 Å². The number of unbranched alkanes of at least 4 members (excludes halogenated alkanes) is 9. The average Bonchev–Trinajstić information content (AvgIpc) is 2.95. The van der Waals surface area contributed by atoms with Gasteiger partial charge in [-0.2, -0.15) is 0 Å². The van der Waals surface area contributed by atoms with Crippen LogP contribution in [0.1, 0.15) is 118 Å². The Morgan fingerprint density at radius 3 is 1.60 bits per heavy atom. The summed E-state index contributed by atoms with van der Waals surface area (Å²) in [5.74, 6) is -6.44. The van der Waals surface area contributed by atoms with E-state index in [1.165, 1.54) is 53.4 Å². The molecule has 0 bridgehead atoms. The summed E-state index contributed by atoms with van der Waals surface area (Å²) in [5, 5.41) is 22.3. The highest BCUT2D eigenvalue weighted by Gasteiger charge is 2.69. The molecule has 0 aliphatic carbocycles. The van der Waals surface area contributed by atoms with Crippen molar-refractivity contribution in [3.05, 3.63) is 0 Å². The molecule has 0 spiro atoms. The van der Waals surface area contributed by atoms with Crippen molar-refractivity contribution in [2.45, 2.75) is 136 Å². The zero-order chi connectivity index (χ0) is 32.7. The van der Waals surface area contributed by atoms with Gasteiger partial charge in [0.25, 0.3) is 5.91 Å². The van der Waals surface area contributed by atoms with Crippen LogP contribution in [0.5, 0.6) is 0 Å². The summed E-state index contributed by atoms with van der Waals surface area (Å²) >= 11 is 0. The van der Waals surface area contributed by atoms with Crippen molar-refractivity contribution in [3.8, 4) is 0 Å². The molecule has 3 N–H and O–H groups in total. The number of nitrogens with zero attached hydrogens (tertiary/aromatic N) is 1. The van der Waals surface area contributed by atoms with E-state index < -0.39 is 41.6 Å². The van der Waals surface area contributed by atoms with Crippen LogP contribution in [0.2, 0.25) is 0 Å². The lowest BCUT2D eigenvalue weighted by Gasteiger charge is -2.49. The minimum Gasteiger partial charge on any atom is -0.480 e. The summed E-state index contributed by atoms with van der Waals surface area (Å²) < 4.78 is 23.1. The topological polar surface area (TPSA) is 178 Å². The third-order valence-corrected chi connectivity index (χ3v) is 6.72. The van der Waals surface area contributed by atoms with Gasteiger partial charge >= 0.3 is 23.8 Å². The monoisotopic (exact) mass is 617 g/mol. The molecule has 0 aromatic rings. The number of amides is 3. The van der Waals surface area contributed by atoms with Crippen molar-refractivity contribution in [1.82, 2.24) is 10.2 Å². The van der Waals surface area contributed by atoms with Gasteiger partial charge in [0.15, 0.2) is 6.29 Å². The van der Waals surface area contributed by atoms with Crippen LogP contribution in [0.4, 0.5) is 4.79 Å². The average molecular weight is 618 g/mol. The van der Waals surface area contributed by atoms with Gasteiger partial charge in [-0.3, -0.25) is 14.4 Å². The standard InChI is InChI=1S/C30H53N2O11/c1-6-11-12-13-14-15-16-17-18-19-22-25(34)32(28(38)39)29(40-7-2,30(41-8-3,42-9-4)43-10-5)27(37)31-24(26(35)36)21-20-23-33/h24H,6-22H2,1-5H3,(H,31,37)(H,35,36)(H,38,39)/t24-,29?/m0/s1. The number of hydrogen-bond acceptors (Lipinski definition) is 9. The highest BCUT2D eigenvalue weighted by molar-refractivity contribution is 6.00. The first-order chi connectivity index (χ1) is 20.6. The minimum atomic E-state index is -2.95. The predicted octanol–water partition coefficient (Wildman–Crippen LogP) is 4.76. The van der Waals surface area contributed by atoms with Crippen molar-refractivity contribution >= 4 is 30.2 Å². The lowest BCUT2D eigenvalue weighted by Crippen LogP contribution is -2.77. The fourth-order valence-electron chi connectivity index (χ4n) is 4.80. The molecule has 0 saturated carbocycles. The van der Waals surface area contributed by atoms with E-state index in [0.29, 0.717) is 12.8 Å². The normalized spacial score (nSPS) is 13.6. The van der Waals surface area contributed by atoms with Crippen molar-refractivity contribution in [2.75, 3.05) is 26.4 Å². The molecule has 0 heterocycles. The number of carboxylic acids is 1. The van der Waals surface area contributed by atoms with Crippen LogP contribution in [0, 0.1) is 0 Å². The maximum atomic E-state index is 14.1. The highest BCUT2D eigenvalue weighted by atomic mass is 16.9. The maximum Gasteiger partial charge on any atom is 0.417 e. The number of rotatable bonds is 27. The van der Waals surface area contributed by atoms with Crippen LogP contribution < -0.4 is 5.32 Å². The van der Waals surface area contributed by atoms with Crippen LogP contribution in [0.25, 0.3) is 0 Å². The molecule has 2 atom stereocenters. The molecule has 0 rings (SSSR count). The molecule has 0 aliphatic rings. The smallest absolute Gasteiger partial charge is 0.417 e. The first-order valence-corrected chi connectivity index (χ1v) is 15.6. The van der Waals surface area contributed by atoms with E-state index in [1.54, 1.807) is 6.29 Å². The first-order valence-electron chi connectivity index (χ1n) is 15.6. The summed E-state index contributed by atoms with van der Waals surface area (Å²) in [7, 11) is 0. The highest BCUT2D eigenvalue weighted by Crippen LogP contribution is 2.38. The summed E-state index contributed by atoms with van der Waals surface area (Å²) in [5.41, 5.74) is -2.95. The van der Waals surface area contributed by atoms with Gasteiger partial charge in [0.05, 0.1) is 0 Å². The quantitative estimate of drug-likeness (QED) is 0.0855. The largest absolute Gasteiger partial charge is 0.480 e. The van der Waals surface area contributed by atoms with Crippen molar-refractivity contribution in [2.24, 2.45) is 0 Å². The maximum absolute atomic E-state index is 14.1. The fourth-order valence-corrected chi connectivity index (χ4v) is 4.80. The Kier molecular flexibility index (Phi) is 21.5. The molecular weight excluding hydrogens is 564 g/mol. The van der Waals surface area contributed by atoms with Crippen LogP contribution in [-0.4, -0.2) is 89.4 Å². The summed E-state index contributed by atoms with van der Waals surface area (Å²) in [6.45, 7) is 7.44. The molecule has 0 fully saturated rings. The predicted molar refractivity (Wildman–Crippen MR) is 158 cm³/mol. The van der Waals surface area contributed by atoms with Crippen LogP contribution in [-0.2, 0) is 38.1 Å². The summed E-state index contributed by atoms with van der Waals surface area (Å²) in [6, 6.07) is -1.65. The Balaban J connectivity index is 6.43. The molecule has 0 aromatic carbocycles. The number of carbonyl (C=O) groups excluding carboxylic acids is 3. The zero-order valence-electron chi connectivity index (χ0n) is 26.6. The van der Waals surface area contributed by atoms with E-state index >= 15 is 0 Å². The third-order valence-electron chi connectivity index (χ3n) is 6.72. The number of nitrogens with one attached hydrogen (secondary N) is 1. The summed E-state index contributed by atoms with van der Waals surface area (Å²) in [6.07, 6.45) is 8.73. The number of aliphatic carboxylic acids is 1. The second-order valence-electron chi connectivity index (χ2n) is 9.92. The molecule has 1 unspecified atom stereocenters. The van der Waals surface area contributed by atoms with Gasteiger partial charge in [0.2, 0.25) is 5.91 Å². The van der Waals surface area contributed by atoms with E-state index in [0.717, 1.165) is 25.7 Å². The Labute approximate surface area is 255 Å². The van der Waals surface area contributed by atoms with Gasteiger partial charge in [0, 0.05) is 39.3 Å². The van der Waals surface area contributed by atoms with E-state index in [-0.39, 0.29) is 50.6 Å². The van der Waals surface area contributed by atoms with E-state index in [2.05, 4.69) is 12.2 Å². The van der Waals surface area contributed by atoms with Gasteiger partial charge in [-0.15, -0.1) is 0 Å². The molecule has 13 heteroatoms. The third kappa shape index (κ3) is 12.5. The molecule has 3 amide bonds. The van der Waals surface area contributed by atoms with Gasteiger partial charge < -0.3 is 34.5 Å². The fraction of sp³-hybridized carbons (Fsp3) is 0.833. The lowest BCUT2D eigenvalue weighted by atomic mass is 10.0. The van der Waals surface area contributed by atoms with E-state index in [9.17, 15) is 34.2 Å². The molecule has 13 nitrogen and oxygen atoms in total. The zero-order valence-corrected chi connectivity index (χ0v) is 26.6. The molecule has 0 aromatic heterocycles. The second-order valence-corrected chi connectivity index (χ2v) is 9.92. The second kappa shape index (κ2) is 22.9. The lowest BCUT2D eigenvalue weighted by molar-refractivity contribution is -0.450. The number of hydrogen-bond donors (Lipinski definition) is 3. The number of carbonyl (C=O) groups is 4. The van der Waals surface area contributed by atoms with Crippen LogP contribution in [0.3, 0.4) is 0 Å². The number of imide groups is 1. The SMILES string of the molecule is CCCCCCCCCCCCC(=O)N(C(=O)O)C(OCC)(C(=O)N[C@@H](CC[C]=O)C(=O)O)C(OCC)(OCC)OCC. The Morgan fingerprint density at radius 2 is 1.21 bits per heavy atom. The number of ether oxygens (including phenoxy) is 4. The van der Waals surface area contributed by atoms with Crippen LogP contribution >= 0.6 is 0 Å². The Morgan fingerprint density at radius 1 is 0.744 bits per heavy atom. The van der Waals surface area contributed by atoms with Gasteiger partial charge in [-0.25, -0.2) is 14.5 Å². The molecule has 0 aliphatic heterocycles. The molecule has 1 radical (unpaired) electrons. The minimum absolute atomic E-state index is 0.162. The van der Waals surface area contributed by atoms with Crippen molar-refractivity contribution in [3.63, 3.8) is 0 Å². The number of carboxylic acid groups (broad SMARTS) is 2. The first kappa shape index (κ1) is 40.4. The Bertz CT molecular complexity index is 822. The van der Waals surface area contributed by atoms with Crippen molar-refractivity contribution < 1.29 is 53.1 Å². The Hall–Kier alpha value is -2.61. The molecule has 249 valence electrons. The van der Waals surface area contributed by atoms with Gasteiger partial charge in [-0.1, -0.05) is 64.7 Å². The van der Waals surface area contributed by atoms with Crippen LogP contribution in [0.15, 0.2) is 0 Å². The van der Waals surface area contributed by atoms with E-state index in [1.807, 2.05) is 0 Å². The van der Waals surface area contributed by atoms with Gasteiger partial charge in [0.1, 0.15) is 6.04 Å². The summed E-state index contributed by atoms with van der Waals surface area (Å²) in [4.78, 5) is 63.5. The molecular formula is C30H53N2O11.